The predicted octanol–water partition coefficient (Wildman–Crippen LogP) is 1.82. The number of anilines is 1. The van der Waals surface area contributed by atoms with Crippen LogP contribution < -0.4 is 15.5 Å². The Balaban J connectivity index is 2.00. The normalized spacial score (nSPS) is 26.4. The van der Waals surface area contributed by atoms with Crippen molar-refractivity contribution in [1.82, 2.24) is 10.6 Å². The van der Waals surface area contributed by atoms with Crippen LogP contribution in [0.4, 0.5) is 10.1 Å². The van der Waals surface area contributed by atoms with Crippen molar-refractivity contribution in [2.45, 2.75) is 31.8 Å². The molecule has 2 fully saturated rings. The van der Waals surface area contributed by atoms with Crippen molar-refractivity contribution < 1.29 is 9.18 Å². The maximum atomic E-state index is 14.3. The third kappa shape index (κ3) is 2.39. The lowest BCUT2D eigenvalue weighted by Crippen LogP contribution is -2.46. The fraction of sp³-hybridized carbons (Fsp3) is 0.562. The fourth-order valence-corrected chi connectivity index (χ4v) is 3.60. The molecule has 1 amide bonds. The van der Waals surface area contributed by atoms with Crippen LogP contribution in [0.1, 0.15) is 31.4 Å². The molecule has 114 valence electrons. The van der Waals surface area contributed by atoms with E-state index in [9.17, 15) is 9.18 Å². The average Bonchev–Trinajstić information content (AvgIpc) is 2.88. The van der Waals surface area contributed by atoms with Crippen LogP contribution in [0, 0.1) is 11.7 Å². The molecule has 2 saturated heterocycles. The molecule has 3 unspecified atom stereocenters. The van der Waals surface area contributed by atoms with Gasteiger partial charge in [0.1, 0.15) is 5.82 Å². The monoisotopic (exact) mass is 291 g/mol. The number of fused-ring (bicyclic) bond motifs is 1. The van der Waals surface area contributed by atoms with Crippen LogP contribution in [0.5, 0.6) is 0 Å². The summed E-state index contributed by atoms with van der Waals surface area (Å²) in [5.41, 5.74) is 1.61. The van der Waals surface area contributed by atoms with E-state index in [4.69, 9.17) is 0 Å². The van der Waals surface area contributed by atoms with Crippen molar-refractivity contribution in [1.29, 1.82) is 0 Å². The van der Waals surface area contributed by atoms with Gasteiger partial charge in [-0.05, 0) is 38.9 Å². The zero-order valence-electron chi connectivity index (χ0n) is 12.5. The number of rotatable bonds is 3. The predicted molar refractivity (Wildman–Crippen MR) is 80.7 cm³/mol. The summed E-state index contributed by atoms with van der Waals surface area (Å²) in [6.45, 7) is 3.50. The second-order valence-electron chi connectivity index (χ2n) is 5.94. The summed E-state index contributed by atoms with van der Waals surface area (Å²) >= 11 is 0. The third-order valence-corrected chi connectivity index (χ3v) is 4.81. The standard InChI is InChI=1S/C16H22FN3O/c1-10(18-2)15-12(17)6-3-7-13(15)20-8-4-5-11-14(20)9-19-16(11)21/h3,6-7,10-11,14,18H,4-5,8-9H2,1-2H3,(H,19,21). The Morgan fingerprint density at radius 2 is 2.29 bits per heavy atom. The number of hydrogen-bond acceptors (Lipinski definition) is 3. The zero-order chi connectivity index (χ0) is 15.0. The van der Waals surface area contributed by atoms with Crippen LogP contribution in [-0.4, -0.2) is 32.1 Å². The maximum Gasteiger partial charge on any atom is 0.225 e. The van der Waals surface area contributed by atoms with Crippen molar-refractivity contribution in [3.05, 3.63) is 29.6 Å². The molecule has 3 atom stereocenters. The molecule has 2 heterocycles. The van der Waals surface area contributed by atoms with E-state index in [0.29, 0.717) is 12.1 Å². The summed E-state index contributed by atoms with van der Waals surface area (Å²) in [6, 6.07) is 5.32. The molecule has 2 aliphatic rings. The first-order valence-corrected chi connectivity index (χ1v) is 7.63. The SMILES string of the molecule is CNC(C)c1c(F)cccc1N1CCCC2C(=O)NCC21. The van der Waals surface area contributed by atoms with Crippen molar-refractivity contribution in [2.75, 3.05) is 25.0 Å². The van der Waals surface area contributed by atoms with Gasteiger partial charge in [0.15, 0.2) is 0 Å². The Hall–Kier alpha value is -1.62. The lowest BCUT2D eigenvalue weighted by atomic mass is 9.90. The highest BCUT2D eigenvalue weighted by Crippen LogP contribution is 2.36. The summed E-state index contributed by atoms with van der Waals surface area (Å²) in [6.07, 6.45) is 1.90. The smallest absolute Gasteiger partial charge is 0.225 e. The van der Waals surface area contributed by atoms with Crippen LogP contribution >= 0.6 is 0 Å². The van der Waals surface area contributed by atoms with Gasteiger partial charge in [-0.25, -0.2) is 4.39 Å². The molecule has 21 heavy (non-hydrogen) atoms. The maximum absolute atomic E-state index is 14.3. The van der Waals surface area contributed by atoms with E-state index in [1.54, 1.807) is 6.07 Å². The van der Waals surface area contributed by atoms with E-state index in [-0.39, 0.29) is 29.7 Å². The molecule has 1 aromatic rings. The number of piperidine rings is 1. The Labute approximate surface area is 124 Å². The van der Waals surface area contributed by atoms with Crippen LogP contribution in [-0.2, 0) is 4.79 Å². The summed E-state index contributed by atoms with van der Waals surface area (Å²) in [7, 11) is 1.83. The molecule has 2 aliphatic heterocycles. The molecule has 4 nitrogen and oxygen atoms in total. The highest BCUT2D eigenvalue weighted by atomic mass is 19.1. The molecular weight excluding hydrogens is 269 g/mol. The topological polar surface area (TPSA) is 44.4 Å². The van der Waals surface area contributed by atoms with Crippen LogP contribution in [0.3, 0.4) is 0 Å². The first-order valence-electron chi connectivity index (χ1n) is 7.63. The van der Waals surface area contributed by atoms with Gasteiger partial charge < -0.3 is 15.5 Å². The first-order chi connectivity index (χ1) is 10.1. The van der Waals surface area contributed by atoms with E-state index in [0.717, 1.165) is 25.1 Å². The average molecular weight is 291 g/mol. The third-order valence-electron chi connectivity index (χ3n) is 4.81. The highest BCUT2D eigenvalue weighted by molar-refractivity contribution is 5.83. The second-order valence-corrected chi connectivity index (χ2v) is 5.94. The molecule has 0 saturated carbocycles. The highest BCUT2D eigenvalue weighted by Gasteiger charge is 2.41. The van der Waals surface area contributed by atoms with Gasteiger partial charge in [-0.3, -0.25) is 4.79 Å². The molecule has 3 rings (SSSR count). The fourth-order valence-electron chi connectivity index (χ4n) is 3.60. The molecule has 5 heteroatoms. The lowest BCUT2D eigenvalue weighted by molar-refractivity contribution is -0.122. The van der Waals surface area contributed by atoms with E-state index < -0.39 is 0 Å². The molecule has 0 aromatic heterocycles. The van der Waals surface area contributed by atoms with Gasteiger partial charge in [0.25, 0.3) is 0 Å². The summed E-state index contributed by atoms with van der Waals surface area (Å²) < 4.78 is 14.3. The number of carbonyl (C=O) groups excluding carboxylic acids is 1. The minimum Gasteiger partial charge on any atom is -0.366 e. The van der Waals surface area contributed by atoms with Gasteiger partial charge in [0, 0.05) is 30.4 Å². The molecular formula is C16H22FN3O. The van der Waals surface area contributed by atoms with Crippen LogP contribution in [0.25, 0.3) is 0 Å². The summed E-state index contributed by atoms with van der Waals surface area (Å²) in [5.74, 6) is -0.00201. The summed E-state index contributed by atoms with van der Waals surface area (Å²) in [4.78, 5) is 14.1. The number of nitrogens with zero attached hydrogens (tertiary/aromatic N) is 1. The van der Waals surface area contributed by atoms with Gasteiger partial charge in [-0.1, -0.05) is 6.07 Å². The van der Waals surface area contributed by atoms with Gasteiger partial charge in [0.05, 0.1) is 12.0 Å². The molecule has 0 aliphatic carbocycles. The quantitative estimate of drug-likeness (QED) is 0.893. The van der Waals surface area contributed by atoms with Crippen molar-refractivity contribution in [3.8, 4) is 0 Å². The van der Waals surface area contributed by atoms with E-state index in [2.05, 4.69) is 15.5 Å². The number of amides is 1. The molecule has 0 bridgehead atoms. The second kappa shape index (κ2) is 5.64. The van der Waals surface area contributed by atoms with Crippen molar-refractivity contribution >= 4 is 11.6 Å². The van der Waals surface area contributed by atoms with E-state index in [1.807, 2.05) is 20.0 Å². The van der Waals surface area contributed by atoms with Crippen molar-refractivity contribution in [3.63, 3.8) is 0 Å². The Bertz CT molecular complexity index is 548. The number of hydrogen-bond donors (Lipinski definition) is 2. The number of nitrogens with one attached hydrogen (secondary N) is 2. The Morgan fingerprint density at radius 3 is 3.05 bits per heavy atom. The lowest BCUT2D eigenvalue weighted by Gasteiger charge is -2.39. The number of carbonyl (C=O) groups is 1. The molecule has 0 spiro atoms. The first kappa shape index (κ1) is 14.3. The molecule has 0 radical (unpaired) electrons. The minimum atomic E-state index is -0.186. The zero-order valence-corrected chi connectivity index (χ0v) is 12.5. The Kier molecular flexibility index (Phi) is 3.85. The van der Waals surface area contributed by atoms with Crippen LogP contribution in [0.2, 0.25) is 0 Å². The largest absolute Gasteiger partial charge is 0.366 e. The van der Waals surface area contributed by atoms with E-state index >= 15 is 0 Å². The molecule has 2 N–H and O–H groups in total. The van der Waals surface area contributed by atoms with Crippen molar-refractivity contribution in [2.24, 2.45) is 5.92 Å². The Morgan fingerprint density at radius 1 is 1.48 bits per heavy atom. The van der Waals surface area contributed by atoms with Gasteiger partial charge in [0.2, 0.25) is 5.91 Å². The van der Waals surface area contributed by atoms with E-state index in [1.165, 1.54) is 6.07 Å². The number of benzene rings is 1. The summed E-state index contributed by atoms with van der Waals surface area (Å²) in [5, 5.41) is 6.07. The van der Waals surface area contributed by atoms with Crippen LogP contribution in [0.15, 0.2) is 18.2 Å². The minimum absolute atomic E-state index is 0.0414. The van der Waals surface area contributed by atoms with Gasteiger partial charge >= 0.3 is 0 Å². The number of halogens is 1. The molecule has 1 aromatic carbocycles. The van der Waals surface area contributed by atoms with Gasteiger partial charge in [-0.2, -0.15) is 0 Å². The van der Waals surface area contributed by atoms with Gasteiger partial charge in [-0.15, -0.1) is 0 Å².